The van der Waals surface area contributed by atoms with Crippen LogP contribution in [-0.2, 0) is 20.2 Å². The zero-order chi connectivity index (χ0) is 5.15. The van der Waals surface area contributed by atoms with E-state index < -0.39 is 20.2 Å². The maximum atomic E-state index is 9.26. The third kappa shape index (κ3) is 7.48. The number of hydrogen-bond donors (Lipinski definition) is 2. The Morgan fingerprint density at radius 2 is 1.14 bits per heavy atom. The van der Waals surface area contributed by atoms with Crippen molar-refractivity contribution < 1.29 is 17.5 Å². The molecule has 0 aliphatic rings. The van der Waals surface area contributed by atoms with Crippen molar-refractivity contribution in [3.05, 3.63) is 0 Å². The molecule has 7 heteroatoms. The molecule has 0 aliphatic heterocycles. The van der Waals surface area contributed by atoms with Gasteiger partial charge >= 0.3 is 37.7 Å². The summed E-state index contributed by atoms with van der Waals surface area (Å²) in [5.41, 5.74) is 0. The fourth-order valence-electron chi connectivity index (χ4n) is 0. The number of hydrogen-bond acceptors (Lipinski definition) is 2. The Hall–Kier alpha value is 1.48. The van der Waals surface area contributed by atoms with E-state index in [1.54, 1.807) is 0 Å². The van der Waals surface area contributed by atoms with E-state index in [1.807, 2.05) is 0 Å². The van der Waals surface area contributed by atoms with Crippen molar-refractivity contribution in [1.29, 1.82) is 0 Å². The molecule has 7 heavy (non-hydrogen) atoms. The predicted molar refractivity (Wildman–Crippen MR) is 30.1 cm³/mol. The molecule has 2 N–H and O–H groups in total. The summed E-state index contributed by atoms with van der Waals surface area (Å²) in [5, 5.41) is 0. The van der Waals surface area contributed by atoms with Crippen LogP contribution in [0.3, 0.4) is 0 Å². The number of rotatable bonds is 1. The first-order valence-corrected chi connectivity index (χ1v) is 3.60. The molecule has 2 atom stereocenters. The quantitative estimate of drug-likeness (QED) is 0.285. The fraction of sp³-hybridized carbons (Fsp3) is 0. The zero-order valence-electron chi connectivity index (χ0n) is 2.53. The molecule has 0 aromatic carbocycles. The van der Waals surface area contributed by atoms with Gasteiger partial charge in [-0.15, -0.1) is 0 Å². The molecular formula is H4CaO4S2. The van der Waals surface area contributed by atoms with Crippen LogP contribution in [0, 0.1) is 0 Å². The SMILES string of the molecule is O=S(O)S(=O)O.[CaH2]. The predicted octanol–water partition coefficient (Wildman–Crippen LogP) is -1.57. The Kier molecular flexibility index (Phi) is 9.06. The second-order valence-electron chi connectivity index (χ2n) is 0.434. The van der Waals surface area contributed by atoms with Gasteiger partial charge in [-0.05, 0) is 0 Å². The van der Waals surface area contributed by atoms with Gasteiger partial charge in [0.05, 0.1) is 0 Å². The van der Waals surface area contributed by atoms with Gasteiger partial charge in [-0.25, -0.2) is 8.42 Å². The fourth-order valence-corrected chi connectivity index (χ4v) is 0. The van der Waals surface area contributed by atoms with Gasteiger partial charge < -0.3 is 0 Å². The van der Waals surface area contributed by atoms with E-state index in [0.29, 0.717) is 0 Å². The summed E-state index contributed by atoms with van der Waals surface area (Å²) in [6, 6.07) is 0. The van der Waals surface area contributed by atoms with E-state index in [2.05, 4.69) is 0 Å². The van der Waals surface area contributed by atoms with Gasteiger partial charge in [0.2, 0.25) is 0 Å². The molecule has 42 valence electrons. The summed E-state index contributed by atoms with van der Waals surface area (Å²) in [4.78, 5) is 0. The first-order chi connectivity index (χ1) is 2.64. The van der Waals surface area contributed by atoms with Crippen molar-refractivity contribution >= 4 is 58.0 Å². The standard InChI is InChI=1S/Ca.H2O4S2.2H/c;1-5(2)6(3)4;;/h;(H,1,2)(H,3,4);;. The summed E-state index contributed by atoms with van der Waals surface area (Å²) in [7, 11) is -5.18. The molecule has 2 unspecified atom stereocenters. The normalized spacial score (nSPS) is 16.9. The molecule has 0 bridgehead atoms. The van der Waals surface area contributed by atoms with Crippen molar-refractivity contribution in [1.82, 2.24) is 0 Å². The third-order valence-electron chi connectivity index (χ3n) is 0.122. The van der Waals surface area contributed by atoms with Gasteiger partial charge in [0.15, 0.2) is 0 Å². The van der Waals surface area contributed by atoms with E-state index in [9.17, 15) is 8.42 Å². The van der Waals surface area contributed by atoms with Crippen LogP contribution in [0.1, 0.15) is 0 Å². The Morgan fingerprint density at radius 1 is 1.00 bits per heavy atom. The van der Waals surface area contributed by atoms with E-state index in [4.69, 9.17) is 9.11 Å². The Labute approximate surface area is 74.6 Å². The molecule has 0 aromatic rings. The maximum absolute atomic E-state index is 9.26. The first kappa shape index (κ1) is 11.3. The monoisotopic (exact) mass is 172 g/mol. The summed E-state index contributed by atoms with van der Waals surface area (Å²) in [6.07, 6.45) is 0. The van der Waals surface area contributed by atoms with Gasteiger partial charge in [-0.3, -0.25) is 9.11 Å². The molecule has 4 nitrogen and oxygen atoms in total. The van der Waals surface area contributed by atoms with Crippen LogP contribution in [0.4, 0.5) is 0 Å². The molecule has 0 radical (unpaired) electrons. The van der Waals surface area contributed by atoms with E-state index in [1.165, 1.54) is 0 Å². The van der Waals surface area contributed by atoms with Crippen molar-refractivity contribution in [2.24, 2.45) is 0 Å². The van der Waals surface area contributed by atoms with Crippen LogP contribution in [-0.4, -0.2) is 55.3 Å². The van der Waals surface area contributed by atoms with Crippen LogP contribution < -0.4 is 0 Å². The van der Waals surface area contributed by atoms with Gasteiger partial charge in [0, 0.05) is 0 Å². The average Bonchev–Trinajstić information content (AvgIpc) is 1.36. The molecule has 0 spiro atoms. The van der Waals surface area contributed by atoms with Crippen LogP contribution in [0.15, 0.2) is 0 Å². The summed E-state index contributed by atoms with van der Waals surface area (Å²) in [5.74, 6) is 0. The topological polar surface area (TPSA) is 74.6 Å². The Morgan fingerprint density at radius 3 is 1.14 bits per heavy atom. The van der Waals surface area contributed by atoms with Gasteiger partial charge in [-0.1, -0.05) is 0 Å². The van der Waals surface area contributed by atoms with Crippen LogP contribution >= 0.6 is 0 Å². The zero-order valence-corrected chi connectivity index (χ0v) is 4.16. The molecule has 0 amide bonds. The van der Waals surface area contributed by atoms with Crippen LogP contribution in [0.5, 0.6) is 0 Å². The minimum absolute atomic E-state index is 0. The van der Waals surface area contributed by atoms with Gasteiger partial charge in [-0.2, -0.15) is 0 Å². The van der Waals surface area contributed by atoms with Crippen LogP contribution in [0.2, 0.25) is 0 Å². The van der Waals surface area contributed by atoms with E-state index in [0.717, 1.165) is 0 Å². The molecule has 0 saturated carbocycles. The van der Waals surface area contributed by atoms with E-state index >= 15 is 0 Å². The minimum atomic E-state index is -2.59. The molecule has 0 rings (SSSR count). The van der Waals surface area contributed by atoms with Crippen LogP contribution in [0.25, 0.3) is 0 Å². The van der Waals surface area contributed by atoms with Crippen molar-refractivity contribution in [2.75, 3.05) is 0 Å². The van der Waals surface area contributed by atoms with Gasteiger partial charge in [0.1, 0.15) is 0 Å². The Bertz CT molecular complexity index is 75.7. The van der Waals surface area contributed by atoms with Crippen molar-refractivity contribution in [3.8, 4) is 0 Å². The molecule has 0 fully saturated rings. The Balaban J connectivity index is 0. The molecule has 0 aliphatic carbocycles. The van der Waals surface area contributed by atoms with Gasteiger partial charge in [0.25, 0.3) is 20.2 Å². The van der Waals surface area contributed by atoms with E-state index in [-0.39, 0.29) is 37.7 Å². The molecule has 0 aromatic heterocycles. The second kappa shape index (κ2) is 5.61. The molecule has 0 saturated heterocycles. The third-order valence-corrected chi connectivity index (χ3v) is 1.10. The summed E-state index contributed by atoms with van der Waals surface area (Å²) < 4.78 is 33.6. The summed E-state index contributed by atoms with van der Waals surface area (Å²) >= 11 is 0. The summed E-state index contributed by atoms with van der Waals surface area (Å²) in [6.45, 7) is 0. The first-order valence-electron chi connectivity index (χ1n) is 0.865. The average molecular weight is 172 g/mol. The van der Waals surface area contributed by atoms with Crippen molar-refractivity contribution in [3.63, 3.8) is 0 Å². The molecular weight excluding hydrogens is 168 g/mol. The molecule has 0 heterocycles. The van der Waals surface area contributed by atoms with Crippen molar-refractivity contribution in [2.45, 2.75) is 0 Å². The second-order valence-corrected chi connectivity index (χ2v) is 3.01.